The lowest BCUT2D eigenvalue weighted by Crippen LogP contribution is -2.45. The number of anilines is 1. The van der Waals surface area contributed by atoms with Crippen LogP contribution in [0.3, 0.4) is 0 Å². The number of nitrogens with one attached hydrogen (secondary N) is 1. The van der Waals surface area contributed by atoms with Crippen LogP contribution in [0.4, 0.5) is 5.69 Å². The fourth-order valence-electron chi connectivity index (χ4n) is 2.17. The van der Waals surface area contributed by atoms with E-state index in [9.17, 15) is 4.79 Å². The van der Waals surface area contributed by atoms with Gasteiger partial charge in [0.2, 0.25) is 5.91 Å². The molecule has 0 unspecified atom stereocenters. The third-order valence-electron chi connectivity index (χ3n) is 3.04. The van der Waals surface area contributed by atoms with Gasteiger partial charge >= 0.3 is 0 Å². The molecule has 4 nitrogen and oxygen atoms in total. The maximum absolute atomic E-state index is 11.8. The number of nitrogens with two attached hydrogens (primary N) is 1. The van der Waals surface area contributed by atoms with Crippen molar-refractivity contribution in [3.05, 3.63) is 29.3 Å². The van der Waals surface area contributed by atoms with Gasteiger partial charge in [0.05, 0.1) is 6.54 Å². The predicted molar refractivity (Wildman–Crippen MR) is 81.0 cm³/mol. The highest BCUT2D eigenvalue weighted by Gasteiger charge is 2.18. The van der Waals surface area contributed by atoms with Gasteiger partial charge in [0.25, 0.3) is 0 Å². The number of piperidine rings is 1. The quantitative estimate of drug-likeness (QED) is 0.899. The van der Waals surface area contributed by atoms with Crippen LogP contribution in [0.2, 0.25) is 5.02 Å². The molecule has 1 saturated heterocycles. The second-order valence-electron chi connectivity index (χ2n) is 4.69. The highest BCUT2D eigenvalue weighted by atomic mass is 35.5. The first-order chi connectivity index (χ1) is 8.63. The second-order valence-corrected chi connectivity index (χ2v) is 5.13. The highest BCUT2D eigenvalue weighted by molar-refractivity contribution is 6.30. The molecule has 0 aliphatic carbocycles. The van der Waals surface area contributed by atoms with E-state index in [4.69, 9.17) is 17.3 Å². The molecule has 0 bridgehead atoms. The van der Waals surface area contributed by atoms with Gasteiger partial charge in [0.15, 0.2) is 0 Å². The number of amides is 1. The lowest BCUT2D eigenvalue weighted by Gasteiger charge is -2.29. The summed E-state index contributed by atoms with van der Waals surface area (Å²) in [4.78, 5) is 13.9. The van der Waals surface area contributed by atoms with Crippen molar-refractivity contribution in [1.82, 2.24) is 4.90 Å². The molecule has 1 aromatic carbocycles. The number of nitrogens with zero attached hydrogens (tertiary/aromatic N) is 1. The molecule has 1 amide bonds. The minimum Gasteiger partial charge on any atom is -0.327 e. The summed E-state index contributed by atoms with van der Waals surface area (Å²) >= 11 is 5.79. The van der Waals surface area contributed by atoms with E-state index in [1.165, 1.54) is 0 Å². The molecule has 0 saturated carbocycles. The van der Waals surface area contributed by atoms with Crippen molar-refractivity contribution in [2.75, 3.05) is 25.0 Å². The third kappa shape index (κ3) is 5.37. The van der Waals surface area contributed by atoms with E-state index in [1.54, 1.807) is 24.3 Å². The summed E-state index contributed by atoms with van der Waals surface area (Å²) in [6.45, 7) is 2.14. The van der Waals surface area contributed by atoms with Gasteiger partial charge in [-0.3, -0.25) is 9.69 Å². The summed E-state index contributed by atoms with van der Waals surface area (Å²) in [5.74, 6) is -0.00794. The lowest BCUT2D eigenvalue weighted by atomic mass is 10.1. The Labute approximate surface area is 124 Å². The Morgan fingerprint density at radius 3 is 2.74 bits per heavy atom. The van der Waals surface area contributed by atoms with Crippen LogP contribution in [0.15, 0.2) is 24.3 Å². The first-order valence-electron chi connectivity index (χ1n) is 6.17. The molecule has 1 fully saturated rings. The van der Waals surface area contributed by atoms with Crippen molar-refractivity contribution < 1.29 is 4.79 Å². The average molecular weight is 304 g/mol. The van der Waals surface area contributed by atoms with Gasteiger partial charge in [-0.25, -0.2) is 0 Å². The number of carbonyl (C=O) groups excluding carboxylic acids is 1. The van der Waals surface area contributed by atoms with Crippen molar-refractivity contribution in [1.29, 1.82) is 0 Å². The topological polar surface area (TPSA) is 58.4 Å². The Hall–Kier alpha value is -0.810. The maximum Gasteiger partial charge on any atom is 0.238 e. The van der Waals surface area contributed by atoms with Crippen LogP contribution in [0, 0.1) is 0 Å². The molecule has 1 heterocycles. The molecule has 1 aromatic rings. The average Bonchev–Trinajstić information content (AvgIpc) is 2.32. The number of likely N-dealkylation sites (tertiary alicyclic amines) is 1. The molecular formula is C13H19Cl2N3O. The largest absolute Gasteiger partial charge is 0.327 e. The van der Waals surface area contributed by atoms with E-state index in [0.29, 0.717) is 11.6 Å². The van der Waals surface area contributed by atoms with Gasteiger partial charge in [-0.1, -0.05) is 11.6 Å². The zero-order chi connectivity index (χ0) is 13.0. The molecule has 0 radical (unpaired) electrons. The summed E-state index contributed by atoms with van der Waals surface area (Å²) < 4.78 is 0. The summed E-state index contributed by atoms with van der Waals surface area (Å²) in [5, 5.41) is 3.51. The minimum absolute atomic E-state index is 0. The molecule has 1 aliphatic heterocycles. The van der Waals surface area contributed by atoms with E-state index < -0.39 is 0 Å². The van der Waals surface area contributed by atoms with Crippen molar-refractivity contribution in [3.8, 4) is 0 Å². The molecule has 1 aliphatic rings. The second kappa shape index (κ2) is 7.70. The van der Waals surface area contributed by atoms with E-state index >= 15 is 0 Å². The number of hydrogen-bond acceptors (Lipinski definition) is 3. The van der Waals surface area contributed by atoms with Crippen molar-refractivity contribution >= 4 is 35.6 Å². The van der Waals surface area contributed by atoms with Crippen LogP contribution in [-0.2, 0) is 4.79 Å². The molecule has 0 aromatic heterocycles. The van der Waals surface area contributed by atoms with Crippen molar-refractivity contribution in [3.63, 3.8) is 0 Å². The SMILES string of the molecule is Cl.N[C@@H]1CCCN(CC(=O)Nc2ccc(Cl)cc2)C1. The number of hydrogen-bond donors (Lipinski definition) is 2. The molecular weight excluding hydrogens is 285 g/mol. The monoisotopic (exact) mass is 303 g/mol. The van der Waals surface area contributed by atoms with Crippen LogP contribution < -0.4 is 11.1 Å². The van der Waals surface area contributed by atoms with E-state index in [0.717, 1.165) is 31.6 Å². The van der Waals surface area contributed by atoms with Crippen molar-refractivity contribution in [2.24, 2.45) is 5.73 Å². The Morgan fingerprint density at radius 1 is 1.42 bits per heavy atom. The number of halogens is 2. The molecule has 2 rings (SSSR count). The van der Waals surface area contributed by atoms with Crippen LogP contribution >= 0.6 is 24.0 Å². The summed E-state index contributed by atoms with van der Waals surface area (Å²) in [6, 6.07) is 7.30. The zero-order valence-corrected chi connectivity index (χ0v) is 12.2. The van der Waals surface area contributed by atoms with Gasteiger partial charge in [-0.15, -0.1) is 12.4 Å². The Balaban J connectivity index is 0.00000180. The Morgan fingerprint density at radius 2 is 2.11 bits per heavy atom. The maximum atomic E-state index is 11.8. The molecule has 0 spiro atoms. The molecule has 106 valence electrons. The molecule has 3 N–H and O–H groups in total. The standard InChI is InChI=1S/C13H18ClN3O.ClH/c14-10-3-5-12(6-4-10)16-13(18)9-17-7-1-2-11(15)8-17;/h3-6,11H,1-2,7-9,15H2,(H,16,18);1H/t11-;/m1./s1. The number of carbonyl (C=O) groups is 1. The minimum atomic E-state index is -0.00794. The van der Waals surface area contributed by atoms with E-state index in [2.05, 4.69) is 10.2 Å². The van der Waals surface area contributed by atoms with Gasteiger partial charge in [-0.05, 0) is 43.7 Å². The van der Waals surface area contributed by atoms with E-state index in [1.807, 2.05) is 0 Å². The van der Waals surface area contributed by atoms with Crippen LogP contribution in [0.1, 0.15) is 12.8 Å². The van der Waals surface area contributed by atoms with Gasteiger partial charge in [0, 0.05) is 23.3 Å². The normalized spacial score (nSPS) is 19.6. The summed E-state index contributed by atoms with van der Waals surface area (Å²) in [6.07, 6.45) is 2.12. The highest BCUT2D eigenvalue weighted by Crippen LogP contribution is 2.13. The summed E-state index contributed by atoms with van der Waals surface area (Å²) in [7, 11) is 0. The molecule has 6 heteroatoms. The lowest BCUT2D eigenvalue weighted by molar-refractivity contribution is -0.117. The molecule has 19 heavy (non-hydrogen) atoms. The van der Waals surface area contributed by atoms with Crippen LogP contribution in [0.5, 0.6) is 0 Å². The van der Waals surface area contributed by atoms with Gasteiger partial charge in [-0.2, -0.15) is 0 Å². The first kappa shape index (κ1) is 16.2. The number of benzene rings is 1. The van der Waals surface area contributed by atoms with E-state index in [-0.39, 0.29) is 24.4 Å². The van der Waals surface area contributed by atoms with Gasteiger partial charge < -0.3 is 11.1 Å². The Bertz CT molecular complexity index is 411. The van der Waals surface area contributed by atoms with Crippen LogP contribution in [0.25, 0.3) is 0 Å². The fourth-order valence-corrected chi connectivity index (χ4v) is 2.30. The Kier molecular flexibility index (Phi) is 6.58. The van der Waals surface area contributed by atoms with Crippen LogP contribution in [-0.4, -0.2) is 36.5 Å². The fraction of sp³-hybridized carbons (Fsp3) is 0.462. The summed E-state index contributed by atoms with van der Waals surface area (Å²) in [5.41, 5.74) is 6.65. The van der Waals surface area contributed by atoms with Crippen molar-refractivity contribution in [2.45, 2.75) is 18.9 Å². The first-order valence-corrected chi connectivity index (χ1v) is 6.54. The molecule has 1 atom stereocenters. The predicted octanol–water partition coefficient (Wildman–Crippen LogP) is 2.12. The smallest absolute Gasteiger partial charge is 0.238 e. The zero-order valence-electron chi connectivity index (χ0n) is 10.6. The van der Waals surface area contributed by atoms with Gasteiger partial charge in [0.1, 0.15) is 0 Å². The third-order valence-corrected chi connectivity index (χ3v) is 3.29. The number of rotatable bonds is 3.